The van der Waals surface area contributed by atoms with Gasteiger partial charge in [0.2, 0.25) is 0 Å². The van der Waals surface area contributed by atoms with Crippen LogP contribution in [0.5, 0.6) is 0 Å². The van der Waals surface area contributed by atoms with Gasteiger partial charge in [-0.1, -0.05) is 20.8 Å². The number of carbonyl (C=O) groups is 1. The molecule has 0 bridgehead atoms. The summed E-state index contributed by atoms with van der Waals surface area (Å²) in [5.41, 5.74) is -0.747. The average molecular weight is 211 g/mol. The summed E-state index contributed by atoms with van der Waals surface area (Å²) in [5, 5.41) is 9.78. The van der Waals surface area contributed by atoms with Crippen LogP contribution < -0.4 is 0 Å². The zero-order chi connectivity index (χ0) is 11.3. The first-order valence-electron chi connectivity index (χ1n) is 5.89. The third-order valence-corrected chi connectivity index (χ3v) is 4.31. The van der Waals surface area contributed by atoms with Crippen molar-refractivity contribution in [2.45, 2.75) is 45.6 Å². The fourth-order valence-electron chi connectivity index (χ4n) is 2.26. The Morgan fingerprint density at radius 2 is 1.93 bits per heavy atom. The van der Waals surface area contributed by atoms with Crippen molar-refractivity contribution in [2.24, 2.45) is 11.3 Å². The molecule has 1 saturated heterocycles. The summed E-state index contributed by atoms with van der Waals surface area (Å²) in [6, 6.07) is 0. The summed E-state index contributed by atoms with van der Waals surface area (Å²) in [6.45, 7) is 8.28. The quantitative estimate of drug-likeness (QED) is 0.750. The molecule has 1 aliphatic heterocycles. The van der Waals surface area contributed by atoms with Gasteiger partial charge in [0.1, 0.15) is 5.60 Å². The van der Waals surface area contributed by atoms with Crippen LogP contribution in [0, 0.1) is 11.3 Å². The van der Waals surface area contributed by atoms with E-state index in [1.165, 1.54) is 0 Å². The largest absolute Gasteiger partial charge is 0.380 e. The maximum atomic E-state index is 11.9. The van der Waals surface area contributed by atoms with E-state index >= 15 is 0 Å². The third-order valence-electron chi connectivity index (χ3n) is 4.31. The minimum absolute atomic E-state index is 0.0353. The maximum absolute atomic E-state index is 11.9. The van der Waals surface area contributed by atoms with E-state index in [1.807, 2.05) is 4.90 Å². The summed E-state index contributed by atoms with van der Waals surface area (Å²) >= 11 is 0. The Hall–Kier alpha value is -0.570. The molecule has 15 heavy (non-hydrogen) atoms. The summed E-state index contributed by atoms with van der Waals surface area (Å²) in [7, 11) is 0. The molecule has 3 nitrogen and oxygen atoms in total. The Kier molecular flexibility index (Phi) is 2.34. The van der Waals surface area contributed by atoms with Crippen molar-refractivity contribution in [1.82, 2.24) is 4.90 Å². The van der Waals surface area contributed by atoms with Gasteiger partial charge in [-0.2, -0.15) is 0 Å². The van der Waals surface area contributed by atoms with E-state index in [4.69, 9.17) is 0 Å². The Labute approximate surface area is 91.5 Å². The number of rotatable bonds is 2. The van der Waals surface area contributed by atoms with Crippen LogP contribution in [0.4, 0.5) is 0 Å². The van der Waals surface area contributed by atoms with E-state index in [9.17, 15) is 9.90 Å². The highest BCUT2D eigenvalue weighted by Crippen LogP contribution is 2.42. The molecule has 1 aliphatic carbocycles. The fourth-order valence-corrected chi connectivity index (χ4v) is 2.26. The Bertz CT molecular complexity index is 283. The molecule has 1 atom stereocenters. The van der Waals surface area contributed by atoms with Crippen LogP contribution in [0.15, 0.2) is 0 Å². The average Bonchev–Trinajstić information content (AvgIpc) is 2.77. The Morgan fingerprint density at radius 1 is 1.33 bits per heavy atom. The normalized spacial score (nSPS) is 33.5. The first kappa shape index (κ1) is 10.9. The molecule has 2 rings (SSSR count). The Morgan fingerprint density at radius 3 is 2.33 bits per heavy atom. The fraction of sp³-hybridized carbons (Fsp3) is 0.917. The van der Waals surface area contributed by atoms with Crippen LogP contribution in [0.3, 0.4) is 0 Å². The van der Waals surface area contributed by atoms with Crippen molar-refractivity contribution in [3.63, 3.8) is 0 Å². The van der Waals surface area contributed by atoms with Gasteiger partial charge in [-0.15, -0.1) is 0 Å². The predicted molar refractivity (Wildman–Crippen MR) is 58.3 cm³/mol. The number of hydrogen-bond acceptors (Lipinski definition) is 2. The van der Waals surface area contributed by atoms with Gasteiger partial charge in [0, 0.05) is 13.1 Å². The van der Waals surface area contributed by atoms with E-state index in [2.05, 4.69) is 20.8 Å². The van der Waals surface area contributed by atoms with Crippen LogP contribution in [0.1, 0.15) is 40.0 Å². The molecule has 0 aromatic carbocycles. The van der Waals surface area contributed by atoms with Crippen molar-refractivity contribution >= 4 is 5.91 Å². The molecule has 1 N–H and O–H groups in total. The van der Waals surface area contributed by atoms with Crippen LogP contribution in [0.2, 0.25) is 0 Å². The second kappa shape index (κ2) is 3.21. The number of aliphatic hydroxyl groups is 1. The van der Waals surface area contributed by atoms with Gasteiger partial charge >= 0.3 is 0 Å². The minimum Gasteiger partial charge on any atom is -0.380 e. The molecule has 0 unspecified atom stereocenters. The lowest BCUT2D eigenvalue weighted by molar-refractivity contribution is -0.141. The molecule has 1 heterocycles. The lowest BCUT2D eigenvalue weighted by Crippen LogP contribution is -2.40. The van der Waals surface area contributed by atoms with Crippen LogP contribution >= 0.6 is 0 Å². The van der Waals surface area contributed by atoms with E-state index in [0.29, 0.717) is 18.8 Å². The first-order valence-corrected chi connectivity index (χ1v) is 5.89. The zero-order valence-electron chi connectivity index (χ0n) is 9.92. The molecule has 0 aromatic heterocycles. The number of carbonyl (C=O) groups excluding carboxylic acids is 1. The predicted octanol–water partition coefficient (Wildman–Crippen LogP) is 1.41. The topological polar surface area (TPSA) is 40.5 Å². The summed E-state index contributed by atoms with van der Waals surface area (Å²) in [5.74, 6) is 0.552. The second-order valence-corrected chi connectivity index (χ2v) is 5.82. The van der Waals surface area contributed by atoms with Gasteiger partial charge in [0.15, 0.2) is 0 Å². The molecule has 0 aromatic rings. The van der Waals surface area contributed by atoms with Gasteiger partial charge < -0.3 is 10.0 Å². The molecule has 86 valence electrons. The van der Waals surface area contributed by atoms with E-state index < -0.39 is 5.60 Å². The summed E-state index contributed by atoms with van der Waals surface area (Å²) < 4.78 is 0. The van der Waals surface area contributed by atoms with E-state index in [-0.39, 0.29) is 11.3 Å². The molecule has 2 fully saturated rings. The molecular weight excluding hydrogens is 190 g/mol. The van der Waals surface area contributed by atoms with Crippen molar-refractivity contribution < 1.29 is 9.90 Å². The Balaban J connectivity index is 2.01. The van der Waals surface area contributed by atoms with Gasteiger partial charge in [-0.05, 0) is 30.6 Å². The molecular formula is C12H21NO2. The van der Waals surface area contributed by atoms with Crippen LogP contribution in [-0.4, -0.2) is 34.6 Å². The summed E-state index contributed by atoms with van der Waals surface area (Å²) in [4.78, 5) is 13.8. The van der Waals surface area contributed by atoms with Gasteiger partial charge in [-0.3, -0.25) is 4.79 Å². The number of hydrogen-bond donors (Lipinski definition) is 1. The van der Waals surface area contributed by atoms with Crippen molar-refractivity contribution in [3.05, 3.63) is 0 Å². The number of likely N-dealkylation sites (tertiary alicyclic amines) is 1. The molecule has 1 amide bonds. The molecule has 3 heteroatoms. The highest BCUT2D eigenvalue weighted by Gasteiger charge is 2.52. The first-order chi connectivity index (χ1) is 6.87. The maximum Gasteiger partial charge on any atom is 0.254 e. The van der Waals surface area contributed by atoms with Crippen molar-refractivity contribution in [3.8, 4) is 0 Å². The number of nitrogens with zero attached hydrogens (tertiary/aromatic N) is 1. The molecule has 2 aliphatic rings. The molecule has 0 spiro atoms. The smallest absolute Gasteiger partial charge is 0.254 e. The highest BCUT2D eigenvalue weighted by atomic mass is 16.3. The third kappa shape index (κ3) is 1.78. The highest BCUT2D eigenvalue weighted by molar-refractivity contribution is 5.88. The molecule has 0 radical (unpaired) electrons. The SMILES string of the molecule is CC(C)[C@@]1(C)CCN(C(=O)C2(O)CC2)C1. The van der Waals surface area contributed by atoms with E-state index in [0.717, 1.165) is 19.5 Å². The zero-order valence-corrected chi connectivity index (χ0v) is 9.92. The monoisotopic (exact) mass is 211 g/mol. The van der Waals surface area contributed by atoms with Gasteiger partial charge in [0.05, 0.1) is 0 Å². The second-order valence-electron chi connectivity index (χ2n) is 5.82. The van der Waals surface area contributed by atoms with Crippen molar-refractivity contribution in [1.29, 1.82) is 0 Å². The molecule has 1 saturated carbocycles. The summed E-state index contributed by atoms with van der Waals surface area (Å²) in [6.07, 6.45) is 2.37. The van der Waals surface area contributed by atoms with Crippen LogP contribution in [-0.2, 0) is 4.79 Å². The van der Waals surface area contributed by atoms with Gasteiger partial charge in [-0.25, -0.2) is 0 Å². The van der Waals surface area contributed by atoms with Gasteiger partial charge in [0.25, 0.3) is 5.91 Å². The van der Waals surface area contributed by atoms with Crippen LogP contribution in [0.25, 0.3) is 0 Å². The van der Waals surface area contributed by atoms with Crippen molar-refractivity contribution in [2.75, 3.05) is 13.1 Å². The lowest BCUT2D eigenvalue weighted by Gasteiger charge is -2.29. The number of amides is 1. The lowest BCUT2D eigenvalue weighted by atomic mass is 9.78. The standard InChI is InChI=1S/C12H21NO2/c1-9(2)11(3)6-7-13(8-11)10(14)12(15)4-5-12/h9,15H,4-8H2,1-3H3/t11-/m0/s1. The van der Waals surface area contributed by atoms with E-state index in [1.54, 1.807) is 0 Å². The minimum atomic E-state index is -0.984.